The van der Waals surface area contributed by atoms with E-state index in [1.807, 2.05) is 6.08 Å². The largest absolute Gasteiger partial charge is 0.460 e. The molecule has 0 radical (unpaired) electrons. The van der Waals surface area contributed by atoms with Crippen LogP contribution in [0.4, 0.5) is 0 Å². The third-order valence-electron chi connectivity index (χ3n) is 3.40. The number of rotatable bonds is 8. The fraction of sp³-hybridized carbons (Fsp3) is 0.647. The van der Waals surface area contributed by atoms with E-state index in [4.69, 9.17) is 9.47 Å². The van der Waals surface area contributed by atoms with Crippen LogP contribution in [-0.4, -0.2) is 24.3 Å². The predicted molar refractivity (Wildman–Crippen MR) is 88.3 cm³/mol. The molecule has 0 unspecified atom stereocenters. The van der Waals surface area contributed by atoms with E-state index in [-0.39, 0.29) is 24.3 Å². The fourth-order valence-corrected chi connectivity index (χ4v) is 2.56. The summed E-state index contributed by atoms with van der Waals surface area (Å²) in [6.45, 7) is 3.65. The summed E-state index contributed by atoms with van der Waals surface area (Å²) >= 11 is 3.18. The molecule has 0 aromatic carbocycles. The van der Waals surface area contributed by atoms with Crippen LogP contribution in [0.25, 0.3) is 0 Å². The number of unbranched alkanes of at least 4 members (excludes halogenated alkanes) is 3. The van der Waals surface area contributed by atoms with Crippen LogP contribution in [0.15, 0.2) is 28.9 Å². The average molecular weight is 357 g/mol. The number of esters is 1. The van der Waals surface area contributed by atoms with Crippen LogP contribution in [0, 0.1) is 0 Å². The highest BCUT2D eigenvalue weighted by atomic mass is 79.9. The number of hydrogen-bond donors (Lipinski definition) is 0. The summed E-state index contributed by atoms with van der Waals surface area (Å²) in [5.41, 5.74) is 2.96. The summed E-state index contributed by atoms with van der Waals surface area (Å²) in [5, 5.41) is 0. The first kappa shape index (κ1) is 18.2. The highest BCUT2D eigenvalue weighted by molar-refractivity contribution is 9.11. The average Bonchev–Trinajstić information content (AvgIpc) is 2.82. The molecule has 1 aliphatic heterocycles. The Kier molecular flexibility index (Phi) is 9.40. The monoisotopic (exact) mass is 356 g/mol. The maximum absolute atomic E-state index is 11.2. The lowest BCUT2D eigenvalue weighted by molar-refractivity contribution is -0.148. The van der Waals surface area contributed by atoms with E-state index in [0.717, 1.165) is 12.8 Å². The van der Waals surface area contributed by atoms with Crippen molar-refractivity contribution < 1.29 is 14.3 Å². The quantitative estimate of drug-likeness (QED) is 0.274. The van der Waals surface area contributed by atoms with E-state index in [9.17, 15) is 4.79 Å². The van der Waals surface area contributed by atoms with E-state index in [0.29, 0.717) is 6.42 Å². The standard InChI is InChI=1S/C17H25BrO3/c1-3-4-5-6-7-8-11-16-17(20-14(2)19)13-15(21-16)10-9-12-18/h7-8,10,12,15-17H,3-6,11,13H2,1-2H3/b8-7-/t9?,15-,16+,17+/m0/s1. The van der Waals surface area contributed by atoms with E-state index in [1.54, 1.807) is 4.99 Å². The van der Waals surface area contributed by atoms with Gasteiger partial charge in [0.1, 0.15) is 6.10 Å². The zero-order valence-corrected chi connectivity index (χ0v) is 14.5. The molecule has 1 heterocycles. The van der Waals surface area contributed by atoms with Gasteiger partial charge in [-0.1, -0.05) is 47.8 Å². The van der Waals surface area contributed by atoms with Crippen LogP contribution < -0.4 is 0 Å². The van der Waals surface area contributed by atoms with E-state index < -0.39 is 0 Å². The molecule has 0 aromatic heterocycles. The molecule has 118 valence electrons. The van der Waals surface area contributed by atoms with Crippen molar-refractivity contribution in [3.63, 3.8) is 0 Å². The molecular formula is C17H25BrO3. The highest BCUT2D eigenvalue weighted by Crippen LogP contribution is 2.27. The van der Waals surface area contributed by atoms with Gasteiger partial charge in [0.05, 0.1) is 12.2 Å². The molecule has 1 aliphatic rings. The molecule has 1 rings (SSSR count). The molecule has 3 atom stereocenters. The Labute approximate surface area is 136 Å². The van der Waals surface area contributed by atoms with Crippen molar-refractivity contribution >= 4 is 21.9 Å². The first-order valence-corrected chi connectivity index (χ1v) is 8.57. The van der Waals surface area contributed by atoms with Gasteiger partial charge in [-0.15, -0.1) is 5.73 Å². The SMILES string of the molecule is CCCCC/C=C\C[C@H]1O[C@@H](C=C=CBr)C[C@H]1OC(C)=O. The lowest BCUT2D eigenvalue weighted by Crippen LogP contribution is -2.25. The number of halogens is 1. The summed E-state index contributed by atoms with van der Waals surface area (Å²) < 4.78 is 11.3. The van der Waals surface area contributed by atoms with Gasteiger partial charge in [-0.25, -0.2) is 0 Å². The molecule has 21 heavy (non-hydrogen) atoms. The van der Waals surface area contributed by atoms with E-state index >= 15 is 0 Å². The molecule has 0 aromatic rings. The second-order valence-corrected chi connectivity index (χ2v) is 5.70. The van der Waals surface area contributed by atoms with Crippen LogP contribution in [0.5, 0.6) is 0 Å². The van der Waals surface area contributed by atoms with Crippen LogP contribution in [0.3, 0.4) is 0 Å². The first-order valence-electron chi connectivity index (χ1n) is 7.66. The van der Waals surface area contributed by atoms with Crippen molar-refractivity contribution in [3.8, 4) is 0 Å². The molecule has 0 amide bonds. The lowest BCUT2D eigenvalue weighted by Gasteiger charge is -2.16. The van der Waals surface area contributed by atoms with Crippen molar-refractivity contribution in [2.75, 3.05) is 0 Å². The molecular weight excluding hydrogens is 332 g/mol. The minimum absolute atomic E-state index is 0.0401. The molecule has 0 N–H and O–H groups in total. The van der Waals surface area contributed by atoms with Gasteiger partial charge < -0.3 is 9.47 Å². The molecule has 0 bridgehead atoms. The van der Waals surface area contributed by atoms with Crippen LogP contribution in [-0.2, 0) is 14.3 Å². The van der Waals surface area contributed by atoms with E-state index in [2.05, 4.69) is 40.7 Å². The van der Waals surface area contributed by atoms with Crippen molar-refractivity contribution in [3.05, 3.63) is 28.9 Å². The Morgan fingerprint density at radius 2 is 2.24 bits per heavy atom. The second-order valence-electron chi connectivity index (χ2n) is 5.24. The molecule has 1 fully saturated rings. The van der Waals surface area contributed by atoms with Gasteiger partial charge in [-0.3, -0.25) is 4.79 Å². The van der Waals surface area contributed by atoms with Crippen molar-refractivity contribution in [2.45, 2.75) is 70.7 Å². The summed E-state index contributed by atoms with van der Waals surface area (Å²) in [6.07, 6.45) is 12.3. The van der Waals surface area contributed by atoms with Crippen LogP contribution in [0.2, 0.25) is 0 Å². The Morgan fingerprint density at radius 3 is 2.90 bits per heavy atom. The van der Waals surface area contributed by atoms with Gasteiger partial charge in [-0.2, -0.15) is 0 Å². The number of carbonyl (C=O) groups is 1. The van der Waals surface area contributed by atoms with Gasteiger partial charge in [0.15, 0.2) is 0 Å². The van der Waals surface area contributed by atoms with Gasteiger partial charge in [-0.05, 0) is 25.3 Å². The highest BCUT2D eigenvalue weighted by Gasteiger charge is 2.35. The summed E-state index contributed by atoms with van der Waals surface area (Å²) in [6, 6.07) is 0. The molecule has 0 saturated carbocycles. The number of hydrogen-bond acceptors (Lipinski definition) is 3. The minimum atomic E-state index is -0.249. The molecule has 1 saturated heterocycles. The lowest BCUT2D eigenvalue weighted by atomic mass is 10.1. The molecule has 3 nitrogen and oxygen atoms in total. The molecule has 0 spiro atoms. The smallest absolute Gasteiger partial charge is 0.302 e. The van der Waals surface area contributed by atoms with Crippen molar-refractivity contribution in [2.24, 2.45) is 0 Å². The summed E-state index contributed by atoms with van der Waals surface area (Å²) in [5.74, 6) is -0.249. The van der Waals surface area contributed by atoms with Gasteiger partial charge in [0.2, 0.25) is 0 Å². The normalized spacial score (nSPS) is 24.8. The second kappa shape index (κ2) is 10.8. The van der Waals surface area contributed by atoms with Crippen LogP contribution >= 0.6 is 15.9 Å². The predicted octanol–water partition coefficient (Wildman–Crippen LogP) is 4.67. The maximum atomic E-state index is 11.2. The number of ether oxygens (including phenoxy) is 2. The molecule has 0 aliphatic carbocycles. The van der Waals surface area contributed by atoms with Gasteiger partial charge >= 0.3 is 5.97 Å². The number of allylic oxidation sites excluding steroid dienone is 1. The third-order valence-corrected chi connectivity index (χ3v) is 3.67. The van der Waals surface area contributed by atoms with Gasteiger partial charge in [0, 0.05) is 18.3 Å². The van der Waals surface area contributed by atoms with Crippen LogP contribution in [0.1, 0.15) is 52.4 Å². The van der Waals surface area contributed by atoms with Crippen molar-refractivity contribution in [1.82, 2.24) is 0 Å². The van der Waals surface area contributed by atoms with E-state index in [1.165, 1.54) is 26.2 Å². The topological polar surface area (TPSA) is 35.5 Å². The Bertz CT molecular complexity index is 397. The summed E-state index contributed by atoms with van der Waals surface area (Å²) in [7, 11) is 0. The Hall–Kier alpha value is -0.830. The first-order chi connectivity index (χ1) is 10.2. The zero-order chi connectivity index (χ0) is 15.5. The minimum Gasteiger partial charge on any atom is -0.460 e. The molecule has 4 heteroatoms. The fourth-order valence-electron chi connectivity index (χ4n) is 2.40. The number of carbonyl (C=O) groups excluding carboxylic acids is 1. The summed E-state index contributed by atoms with van der Waals surface area (Å²) in [4.78, 5) is 12.8. The Morgan fingerprint density at radius 1 is 1.43 bits per heavy atom. The Balaban J connectivity index is 2.47. The van der Waals surface area contributed by atoms with Gasteiger partial charge in [0.25, 0.3) is 0 Å². The van der Waals surface area contributed by atoms with Crippen molar-refractivity contribution in [1.29, 1.82) is 0 Å². The third kappa shape index (κ3) is 7.66. The zero-order valence-electron chi connectivity index (χ0n) is 12.9. The maximum Gasteiger partial charge on any atom is 0.302 e.